The van der Waals surface area contributed by atoms with E-state index in [9.17, 15) is 9.59 Å². The van der Waals surface area contributed by atoms with Crippen LogP contribution in [0.3, 0.4) is 0 Å². The molecule has 3 fully saturated rings. The van der Waals surface area contributed by atoms with Crippen LogP contribution in [0.25, 0.3) is 0 Å². The van der Waals surface area contributed by atoms with Gasteiger partial charge in [0.1, 0.15) is 0 Å². The first kappa shape index (κ1) is 29.6. The SMILES string of the molecule is Cc1ccccc1CCc1nc(N2CCC[C@H]2c2ccc(Cl)cc2)ncc1C(=O)N1CCO[C@H](C(=O)NC2CCCC2)C1. The van der Waals surface area contributed by atoms with E-state index in [0.717, 1.165) is 57.2 Å². The highest BCUT2D eigenvalue weighted by Gasteiger charge is 2.33. The molecule has 1 saturated carbocycles. The maximum absolute atomic E-state index is 14.0. The highest BCUT2D eigenvalue weighted by atomic mass is 35.5. The summed E-state index contributed by atoms with van der Waals surface area (Å²) in [7, 11) is 0. The van der Waals surface area contributed by atoms with Gasteiger partial charge in [-0.2, -0.15) is 0 Å². The van der Waals surface area contributed by atoms with E-state index in [4.69, 9.17) is 26.3 Å². The Kier molecular flexibility index (Phi) is 9.24. The maximum atomic E-state index is 14.0. The minimum Gasteiger partial charge on any atom is -0.365 e. The largest absolute Gasteiger partial charge is 0.365 e. The van der Waals surface area contributed by atoms with Gasteiger partial charge in [-0.25, -0.2) is 9.97 Å². The number of nitrogens with zero attached hydrogens (tertiary/aromatic N) is 4. The lowest BCUT2D eigenvalue weighted by Crippen LogP contribution is -2.53. The number of aryl methyl sites for hydroxylation is 3. The summed E-state index contributed by atoms with van der Waals surface area (Å²) in [5.74, 6) is 0.367. The van der Waals surface area contributed by atoms with E-state index in [-0.39, 0.29) is 30.4 Å². The van der Waals surface area contributed by atoms with Gasteiger partial charge in [-0.15, -0.1) is 0 Å². The Bertz CT molecular complexity index is 1440. The van der Waals surface area contributed by atoms with E-state index in [2.05, 4.69) is 41.4 Å². The molecule has 3 aromatic rings. The van der Waals surface area contributed by atoms with E-state index in [1.807, 2.05) is 24.3 Å². The number of rotatable bonds is 8. The van der Waals surface area contributed by atoms with Crippen molar-refractivity contribution >= 4 is 29.4 Å². The molecule has 8 nitrogen and oxygen atoms in total. The summed E-state index contributed by atoms with van der Waals surface area (Å²) in [5.41, 5.74) is 4.87. The lowest BCUT2D eigenvalue weighted by atomic mass is 10.0. The third-order valence-electron chi connectivity index (χ3n) is 9.09. The molecule has 0 unspecified atom stereocenters. The molecule has 2 amide bonds. The number of benzene rings is 2. The Labute approximate surface area is 258 Å². The summed E-state index contributed by atoms with van der Waals surface area (Å²) >= 11 is 6.16. The molecule has 9 heteroatoms. The minimum absolute atomic E-state index is 0.127. The molecular formula is C34H40ClN5O3. The highest BCUT2D eigenvalue weighted by Crippen LogP contribution is 2.35. The normalized spacial score (nSPS) is 20.9. The minimum atomic E-state index is -0.668. The van der Waals surface area contributed by atoms with Crippen LogP contribution in [-0.2, 0) is 22.4 Å². The molecule has 43 heavy (non-hydrogen) atoms. The highest BCUT2D eigenvalue weighted by molar-refractivity contribution is 6.30. The third kappa shape index (κ3) is 6.86. The summed E-state index contributed by atoms with van der Waals surface area (Å²) in [6.45, 7) is 3.93. The molecule has 3 heterocycles. The average Bonchev–Trinajstić information content (AvgIpc) is 3.73. The molecule has 6 rings (SSSR count). The number of halogens is 1. The van der Waals surface area contributed by atoms with Gasteiger partial charge in [0, 0.05) is 30.4 Å². The van der Waals surface area contributed by atoms with Crippen LogP contribution in [0.5, 0.6) is 0 Å². The standard InChI is InChI=1S/C34H40ClN5O3/c1-23-7-2-3-8-24(23)14-17-29-28(33(42)39-19-20-43-31(22-39)32(41)37-27-9-4-5-10-27)21-36-34(38-29)40-18-6-11-30(40)25-12-15-26(35)16-13-25/h2-3,7-8,12-13,15-16,21,27,30-31H,4-6,9-11,14,17-20,22H2,1H3,(H,37,41)/t30-,31-/m0/s1. The van der Waals surface area contributed by atoms with E-state index in [0.29, 0.717) is 36.1 Å². The molecule has 2 atom stereocenters. The zero-order chi connectivity index (χ0) is 29.8. The number of hydrogen-bond donors (Lipinski definition) is 1. The number of ether oxygens (including phenoxy) is 1. The van der Waals surface area contributed by atoms with E-state index in [1.54, 1.807) is 11.1 Å². The predicted molar refractivity (Wildman–Crippen MR) is 167 cm³/mol. The number of anilines is 1. The van der Waals surface area contributed by atoms with Crippen molar-refractivity contribution in [3.05, 3.63) is 87.7 Å². The van der Waals surface area contributed by atoms with Crippen LogP contribution in [0.2, 0.25) is 5.02 Å². The van der Waals surface area contributed by atoms with Gasteiger partial charge in [0.05, 0.1) is 30.5 Å². The lowest BCUT2D eigenvalue weighted by molar-refractivity contribution is -0.137. The Morgan fingerprint density at radius 3 is 2.58 bits per heavy atom. The zero-order valence-corrected chi connectivity index (χ0v) is 25.6. The van der Waals surface area contributed by atoms with Crippen LogP contribution >= 0.6 is 11.6 Å². The third-order valence-corrected chi connectivity index (χ3v) is 9.34. The molecule has 2 saturated heterocycles. The fourth-order valence-electron chi connectivity index (χ4n) is 6.62. The van der Waals surface area contributed by atoms with E-state index in [1.165, 1.54) is 16.7 Å². The van der Waals surface area contributed by atoms with Crippen molar-refractivity contribution in [3.8, 4) is 0 Å². The first-order valence-corrected chi connectivity index (χ1v) is 16.0. The van der Waals surface area contributed by atoms with Gasteiger partial charge in [-0.3, -0.25) is 9.59 Å². The van der Waals surface area contributed by atoms with Gasteiger partial charge < -0.3 is 19.9 Å². The van der Waals surface area contributed by atoms with Crippen molar-refractivity contribution in [1.29, 1.82) is 0 Å². The number of carbonyl (C=O) groups is 2. The second-order valence-corrected chi connectivity index (χ2v) is 12.4. The first-order valence-electron chi connectivity index (χ1n) is 15.6. The lowest BCUT2D eigenvalue weighted by Gasteiger charge is -2.33. The van der Waals surface area contributed by atoms with Gasteiger partial charge in [0.15, 0.2) is 6.10 Å². The first-order chi connectivity index (χ1) is 21.0. The number of carbonyl (C=O) groups excluding carboxylic acids is 2. The molecule has 1 N–H and O–H groups in total. The number of nitrogens with one attached hydrogen (secondary N) is 1. The Hall–Kier alpha value is -3.49. The molecule has 1 aromatic heterocycles. The summed E-state index contributed by atoms with van der Waals surface area (Å²) < 4.78 is 5.81. The summed E-state index contributed by atoms with van der Waals surface area (Å²) in [6.07, 6.45) is 8.72. The van der Waals surface area contributed by atoms with Gasteiger partial charge >= 0.3 is 0 Å². The fraction of sp³-hybridized carbons (Fsp3) is 0.471. The number of hydrogen-bond acceptors (Lipinski definition) is 6. The quantitative estimate of drug-likeness (QED) is 0.369. The fourth-order valence-corrected chi connectivity index (χ4v) is 6.75. The number of morpholine rings is 1. The van der Waals surface area contributed by atoms with Crippen molar-refractivity contribution in [3.63, 3.8) is 0 Å². The summed E-state index contributed by atoms with van der Waals surface area (Å²) in [5, 5.41) is 3.84. The van der Waals surface area contributed by atoms with E-state index >= 15 is 0 Å². The van der Waals surface area contributed by atoms with Crippen molar-refractivity contribution in [2.45, 2.75) is 76.5 Å². The van der Waals surface area contributed by atoms with Crippen LogP contribution in [0.1, 0.15) is 77.3 Å². The second-order valence-electron chi connectivity index (χ2n) is 12.0. The predicted octanol–water partition coefficient (Wildman–Crippen LogP) is 5.46. The van der Waals surface area contributed by atoms with Crippen molar-refractivity contribution in [2.75, 3.05) is 31.1 Å². The molecule has 2 aromatic carbocycles. The molecular weight excluding hydrogens is 562 g/mol. The van der Waals surface area contributed by atoms with Crippen LogP contribution in [-0.4, -0.2) is 65.1 Å². The van der Waals surface area contributed by atoms with Crippen LogP contribution in [0.15, 0.2) is 54.7 Å². The Balaban J connectivity index is 1.25. The number of amides is 2. The van der Waals surface area contributed by atoms with E-state index < -0.39 is 6.10 Å². The second kappa shape index (κ2) is 13.4. The molecule has 226 valence electrons. The van der Waals surface area contributed by atoms with Gasteiger partial charge in [0.25, 0.3) is 11.8 Å². The van der Waals surface area contributed by atoms with Crippen LogP contribution in [0, 0.1) is 6.92 Å². The zero-order valence-electron chi connectivity index (χ0n) is 24.8. The topological polar surface area (TPSA) is 87.7 Å². The maximum Gasteiger partial charge on any atom is 0.257 e. The molecule has 0 radical (unpaired) electrons. The monoisotopic (exact) mass is 601 g/mol. The molecule has 0 bridgehead atoms. The molecule has 1 aliphatic carbocycles. The number of aromatic nitrogens is 2. The molecule has 2 aliphatic heterocycles. The molecule has 3 aliphatic rings. The Morgan fingerprint density at radius 1 is 1.00 bits per heavy atom. The van der Waals surface area contributed by atoms with Gasteiger partial charge in [-0.05, 0) is 74.3 Å². The van der Waals surface area contributed by atoms with Crippen molar-refractivity contribution in [1.82, 2.24) is 20.2 Å². The summed E-state index contributed by atoms with van der Waals surface area (Å²) in [6, 6.07) is 16.7. The van der Waals surface area contributed by atoms with Crippen LogP contribution < -0.4 is 10.2 Å². The van der Waals surface area contributed by atoms with Crippen molar-refractivity contribution < 1.29 is 14.3 Å². The van der Waals surface area contributed by atoms with Crippen LogP contribution in [0.4, 0.5) is 5.95 Å². The molecule has 0 spiro atoms. The average molecular weight is 602 g/mol. The summed E-state index contributed by atoms with van der Waals surface area (Å²) in [4.78, 5) is 40.7. The van der Waals surface area contributed by atoms with Gasteiger partial charge in [0.2, 0.25) is 5.95 Å². The smallest absolute Gasteiger partial charge is 0.257 e. The van der Waals surface area contributed by atoms with Gasteiger partial charge in [-0.1, -0.05) is 60.8 Å². The Morgan fingerprint density at radius 2 is 1.79 bits per heavy atom. The van der Waals surface area contributed by atoms with Crippen molar-refractivity contribution in [2.24, 2.45) is 0 Å².